The molecule has 3 rings (SSSR count). The second-order valence-electron chi connectivity index (χ2n) is 5.82. The number of anilines is 1. The van der Waals surface area contributed by atoms with Gasteiger partial charge in [-0.2, -0.15) is 0 Å². The van der Waals surface area contributed by atoms with E-state index in [1.165, 1.54) is 11.8 Å². The number of aryl methyl sites for hydroxylation is 1. The van der Waals surface area contributed by atoms with Crippen LogP contribution in [0.4, 0.5) is 5.69 Å². The van der Waals surface area contributed by atoms with Gasteiger partial charge in [-0.1, -0.05) is 0 Å². The molecule has 0 aliphatic carbocycles. The SMILES string of the molecule is Cl.Cn1cnnc1Sc1ccc(NC(=O)C(N)C2CCOCC2)cc1. The van der Waals surface area contributed by atoms with Gasteiger partial charge in [-0.05, 0) is 54.8 Å². The van der Waals surface area contributed by atoms with Crippen LogP contribution in [0.15, 0.2) is 40.6 Å². The summed E-state index contributed by atoms with van der Waals surface area (Å²) in [6.45, 7) is 1.36. The number of rotatable bonds is 5. The molecule has 1 atom stereocenters. The lowest BCUT2D eigenvalue weighted by molar-refractivity contribution is -0.119. The molecular formula is C16H22ClN5O2S. The average Bonchev–Trinajstić information content (AvgIpc) is 3.01. The lowest BCUT2D eigenvalue weighted by atomic mass is 9.92. The Bertz CT molecular complexity index is 688. The number of nitrogens with two attached hydrogens (primary N) is 1. The first-order chi connectivity index (χ1) is 11.6. The van der Waals surface area contributed by atoms with E-state index in [0.29, 0.717) is 13.2 Å². The van der Waals surface area contributed by atoms with Crippen LogP contribution < -0.4 is 11.1 Å². The fourth-order valence-corrected chi connectivity index (χ4v) is 3.35. The third-order valence-corrected chi connectivity index (χ3v) is 5.14. The summed E-state index contributed by atoms with van der Waals surface area (Å²) in [5.41, 5.74) is 6.83. The molecule has 3 N–H and O–H groups in total. The molecule has 9 heteroatoms. The van der Waals surface area contributed by atoms with Crippen molar-refractivity contribution in [2.75, 3.05) is 18.5 Å². The van der Waals surface area contributed by atoms with Crippen LogP contribution in [-0.4, -0.2) is 39.9 Å². The molecule has 0 bridgehead atoms. The van der Waals surface area contributed by atoms with Gasteiger partial charge in [0.2, 0.25) is 5.91 Å². The molecule has 1 fully saturated rings. The van der Waals surface area contributed by atoms with Gasteiger partial charge in [-0.15, -0.1) is 22.6 Å². The maximum atomic E-state index is 12.3. The van der Waals surface area contributed by atoms with E-state index >= 15 is 0 Å². The highest BCUT2D eigenvalue weighted by atomic mass is 35.5. The maximum absolute atomic E-state index is 12.3. The number of amides is 1. The number of benzene rings is 1. The summed E-state index contributed by atoms with van der Waals surface area (Å²) in [4.78, 5) is 13.3. The summed E-state index contributed by atoms with van der Waals surface area (Å²) in [5, 5.41) is 11.6. The van der Waals surface area contributed by atoms with Gasteiger partial charge in [0.15, 0.2) is 5.16 Å². The second-order valence-corrected chi connectivity index (χ2v) is 6.86. The Kier molecular flexibility index (Phi) is 7.24. The van der Waals surface area contributed by atoms with Gasteiger partial charge in [0, 0.05) is 30.8 Å². The van der Waals surface area contributed by atoms with E-state index in [0.717, 1.165) is 28.6 Å². The molecule has 0 radical (unpaired) electrons. The zero-order valence-electron chi connectivity index (χ0n) is 13.9. The second kappa shape index (κ2) is 9.19. The number of hydrogen-bond donors (Lipinski definition) is 2. The van der Waals surface area contributed by atoms with Crippen LogP contribution in [0.1, 0.15) is 12.8 Å². The molecule has 1 aliphatic rings. The van der Waals surface area contributed by atoms with Crippen LogP contribution in [0.5, 0.6) is 0 Å². The Labute approximate surface area is 157 Å². The van der Waals surface area contributed by atoms with Gasteiger partial charge in [-0.25, -0.2) is 0 Å². The summed E-state index contributed by atoms with van der Waals surface area (Å²) in [6.07, 6.45) is 3.33. The Morgan fingerprint density at radius 2 is 2.04 bits per heavy atom. The van der Waals surface area contributed by atoms with Crippen molar-refractivity contribution in [3.63, 3.8) is 0 Å². The smallest absolute Gasteiger partial charge is 0.241 e. The first kappa shape index (κ1) is 19.7. The molecule has 1 aliphatic heterocycles. The normalized spacial score (nSPS) is 16.1. The predicted octanol–water partition coefficient (Wildman–Crippen LogP) is 2.08. The molecule has 2 aromatic rings. The molecule has 25 heavy (non-hydrogen) atoms. The fraction of sp³-hybridized carbons (Fsp3) is 0.438. The summed E-state index contributed by atoms with van der Waals surface area (Å²) in [6, 6.07) is 7.12. The lowest BCUT2D eigenvalue weighted by Crippen LogP contribution is -2.43. The standard InChI is InChI=1S/C16H21N5O2S.ClH/c1-21-10-18-20-16(21)24-13-4-2-12(3-5-13)19-15(22)14(17)11-6-8-23-9-7-11;/h2-5,10-11,14H,6-9,17H2,1H3,(H,19,22);1H. The Morgan fingerprint density at radius 3 is 2.64 bits per heavy atom. The predicted molar refractivity (Wildman–Crippen MR) is 99.0 cm³/mol. The summed E-state index contributed by atoms with van der Waals surface area (Å²) in [5.74, 6) is 0.0418. The highest BCUT2D eigenvalue weighted by molar-refractivity contribution is 7.99. The number of ether oxygens (including phenoxy) is 1. The van der Waals surface area contributed by atoms with Crippen molar-refractivity contribution >= 4 is 35.8 Å². The minimum absolute atomic E-state index is 0. The fourth-order valence-electron chi connectivity index (χ4n) is 2.59. The van der Waals surface area contributed by atoms with Crippen molar-refractivity contribution in [2.24, 2.45) is 18.7 Å². The highest BCUT2D eigenvalue weighted by Gasteiger charge is 2.26. The number of halogens is 1. The van der Waals surface area contributed by atoms with Crippen LogP contribution in [0, 0.1) is 5.92 Å². The van der Waals surface area contributed by atoms with Gasteiger partial charge in [0.05, 0.1) is 6.04 Å². The number of nitrogens with zero attached hydrogens (tertiary/aromatic N) is 3. The number of nitrogens with one attached hydrogen (secondary N) is 1. The van der Waals surface area contributed by atoms with Crippen molar-refractivity contribution in [1.82, 2.24) is 14.8 Å². The molecule has 1 unspecified atom stereocenters. The van der Waals surface area contributed by atoms with E-state index in [-0.39, 0.29) is 24.2 Å². The van der Waals surface area contributed by atoms with Gasteiger partial charge in [0.25, 0.3) is 0 Å². The largest absolute Gasteiger partial charge is 0.381 e. The monoisotopic (exact) mass is 383 g/mol. The first-order valence-corrected chi connectivity index (χ1v) is 8.71. The molecule has 136 valence electrons. The number of aromatic nitrogens is 3. The van der Waals surface area contributed by atoms with Gasteiger partial charge < -0.3 is 20.4 Å². The zero-order valence-corrected chi connectivity index (χ0v) is 15.6. The Balaban J connectivity index is 0.00000225. The topological polar surface area (TPSA) is 95.1 Å². The minimum Gasteiger partial charge on any atom is -0.381 e. The van der Waals surface area contributed by atoms with E-state index < -0.39 is 6.04 Å². The quantitative estimate of drug-likeness (QED) is 0.820. The number of carbonyl (C=O) groups is 1. The minimum atomic E-state index is -0.499. The third kappa shape index (κ3) is 5.18. The molecule has 0 saturated carbocycles. The van der Waals surface area contributed by atoms with E-state index in [1.807, 2.05) is 35.9 Å². The van der Waals surface area contributed by atoms with Crippen molar-refractivity contribution in [3.8, 4) is 0 Å². The zero-order chi connectivity index (χ0) is 16.9. The molecule has 1 aromatic carbocycles. The molecule has 1 aromatic heterocycles. The number of carbonyl (C=O) groups excluding carboxylic acids is 1. The van der Waals surface area contributed by atoms with E-state index in [2.05, 4.69) is 15.5 Å². The van der Waals surface area contributed by atoms with Gasteiger partial charge in [0.1, 0.15) is 6.33 Å². The summed E-state index contributed by atoms with van der Waals surface area (Å²) >= 11 is 1.52. The third-order valence-electron chi connectivity index (χ3n) is 4.08. The van der Waals surface area contributed by atoms with Gasteiger partial charge in [-0.3, -0.25) is 4.79 Å². The Hall–Kier alpha value is -1.61. The van der Waals surface area contributed by atoms with Crippen LogP contribution in [0.3, 0.4) is 0 Å². The van der Waals surface area contributed by atoms with Crippen LogP contribution in [0.2, 0.25) is 0 Å². The van der Waals surface area contributed by atoms with Crippen LogP contribution in [0.25, 0.3) is 0 Å². The maximum Gasteiger partial charge on any atom is 0.241 e. The van der Waals surface area contributed by atoms with Gasteiger partial charge >= 0.3 is 0 Å². The van der Waals surface area contributed by atoms with Crippen LogP contribution in [-0.2, 0) is 16.6 Å². The first-order valence-electron chi connectivity index (χ1n) is 7.89. The van der Waals surface area contributed by atoms with Crippen LogP contribution >= 0.6 is 24.2 Å². The van der Waals surface area contributed by atoms with Crippen molar-refractivity contribution < 1.29 is 9.53 Å². The molecule has 1 saturated heterocycles. The van der Waals surface area contributed by atoms with Crippen molar-refractivity contribution in [3.05, 3.63) is 30.6 Å². The summed E-state index contributed by atoms with van der Waals surface area (Å²) in [7, 11) is 1.90. The molecule has 1 amide bonds. The number of hydrogen-bond acceptors (Lipinski definition) is 6. The average molecular weight is 384 g/mol. The molecule has 7 nitrogen and oxygen atoms in total. The van der Waals surface area contributed by atoms with E-state index in [4.69, 9.17) is 10.5 Å². The van der Waals surface area contributed by atoms with Crippen molar-refractivity contribution in [1.29, 1.82) is 0 Å². The highest BCUT2D eigenvalue weighted by Crippen LogP contribution is 2.26. The Morgan fingerprint density at radius 1 is 1.36 bits per heavy atom. The van der Waals surface area contributed by atoms with E-state index in [1.54, 1.807) is 6.33 Å². The molecular weight excluding hydrogens is 362 g/mol. The van der Waals surface area contributed by atoms with Crippen molar-refractivity contribution in [2.45, 2.75) is 28.9 Å². The van der Waals surface area contributed by atoms with E-state index in [9.17, 15) is 4.79 Å². The molecule has 0 spiro atoms. The summed E-state index contributed by atoms with van der Waals surface area (Å²) < 4.78 is 7.17. The lowest BCUT2D eigenvalue weighted by Gasteiger charge is -2.26. The molecule has 2 heterocycles.